The van der Waals surface area contributed by atoms with Gasteiger partial charge in [0, 0.05) is 23.7 Å². The summed E-state index contributed by atoms with van der Waals surface area (Å²) in [6.07, 6.45) is 0.897. The van der Waals surface area contributed by atoms with E-state index in [0.717, 1.165) is 24.3 Å². The fourth-order valence-corrected chi connectivity index (χ4v) is 1.68. The molecule has 0 aliphatic carbocycles. The van der Waals surface area contributed by atoms with Crippen LogP contribution in [0, 0.1) is 0 Å². The normalized spacial score (nSPS) is 10.9. The van der Waals surface area contributed by atoms with E-state index >= 15 is 0 Å². The highest BCUT2D eigenvalue weighted by Gasteiger charge is 2.06. The molecule has 1 aromatic rings. The highest BCUT2D eigenvalue weighted by atomic mass is 35.5. The molecule has 0 saturated heterocycles. The van der Waals surface area contributed by atoms with Gasteiger partial charge in [-0.1, -0.05) is 11.6 Å². The van der Waals surface area contributed by atoms with E-state index in [4.69, 9.17) is 21.4 Å². The molecule has 0 saturated carbocycles. The van der Waals surface area contributed by atoms with Crippen molar-refractivity contribution in [2.45, 2.75) is 32.9 Å². The summed E-state index contributed by atoms with van der Waals surface area (Å²) in [4.78, 5) is 0. The third kappa shape index (κ3) is 5.39. The van der Waals surface area contributed by atoms with E-state index in [2.05, 4.69) is 5.32 Å². The maximum absolute atomic E-state index is 8.70. The fraction of sp³-hybridized carbons (Fsp3) is 0.538. The lowest BCUT2D eigenvalue weighted by Gasteiger charge is -2.15. The number of nitrogens with one attached hydrogen (secondary N) is 1. The Morgan fingerprint density at radius 2 is 2.18 bits per heavy atom. The van der Waals surface area contributed by atoms with E-state index in [0.29, 0.717) is 11.6 Å². The largest absolute Gasteiger partial charge is 0.491 e. The van der Waals surface area contributed by atoms with Gasteiger partial charge in [0.05, 0.1) is 6.10 Å². The van der Waals surface area contributed by atoms with Gasteiger partial charge in [-0.25, -0.2) is 0 Å². The monoisotopic (exact) mass is 257 g/mol. The first-order valence-corrected chi connectivity index (χ1v) is 6.28. The van der Waals surface area contributed by atoms with Crippen LogP contribution in [-0.4, -0.2) is 24.4 Å². The molecule has 1 aromatic carbocycles. The molecule has 0 unspecified atom stereocenters. The smallest absolute Gasteiger partial charge is 0.124 e. The van der Waals surface area contributed by atoms with Gasteiger partial charge in [0.15, 0.2) is 0 Å². The SMILES string of the molecule is CC(C)Oc1ccc(Cl)cc1CNCCCO. The van der Waals surface area contributed by atoms with Gasteiger partial charge < -0.3 is 15.2 Å². The summed E-state index contributed by atoms with van der Waals surface area (Å²) in [6, 6.07) is 5.63. The molecule has 0 atom stereocenters. The van der Waals surface area contributed by atoms with Crippen LogP contribution in [0.15, 0.2) is 18.2 Å². The Bertz CT molecular complexity index is 342. The zero-order valence-corrected chi connectivity index (χ0v) is 11.1. The molecule has 2 N–H and O–H groups in total. The number of aliphatic hydroxyl groups excluding tert-OH is 1. The minimum absolute atomic E-state index is 0.146. The van der Waals surface area contributed by atoms with Crippen LogP contribution in [0.25, 0.3) is 0 Å². The highest BCUT2D eigenvalue weighted by molar-refractivity contribution is 6.30. The Kier molecular flexibility index (Phi) is 6.34. The topological polar surface area (TPSA) is 41.5 Å². The van der Waals surface area contributed by atoms with Gasteiger partial charge in [-0.15, -0.1) is 0 Å². The Morgan fingerprint density at radius 3 is 2.82 bits per heavy atom. The average Bonchev–Trinajstić information content (AvgIpc) is 2.27. The molecule has 0 spiro atoms. The summed E-state index contributed by atoms with van der Waals surface area (Å²) >= 11 is 5.97. The number of aliphatic hydroxyl groups is 1. The Balaban J connectivity index is 2.63. The molecular formula is C13H20ClNO2. The number of ether oxygens (including phenoxy) is 1. The molecule has 0 radical (unpaired) electrons. The van der Waals surface area contributed by atoms with Crippen molar-refractivity contribution in [3.63, 3.8) is 0 Å². The summed E-state index contributed by atoms with van der Waals surface area (Å²) in [7, 11) is 0. The van der Waals surface area contributed by atoms with Crippen molar-refractivity contribution in [2.75, 3.05) is 13.2 Å². The molecule has 0 aliphatic rings. The Morgan fingerprint density at radius 1 is 1.41 bits per heavy atom. The molecule has 96 valence electrons. The number of hydrogen-bond acceptors (Lipinski definition) is 3. The summed E-state index contributed by atoms with van der Waals surface area (Å²) in [6.45, 7) is 5.68. The molecule has 0 fully saturated rings. The maximum atomic E-state index is 8.70. The molecule has 17 heavy (non-hydrogen) atoms. The number of rotatable bonds is 7. The molecule has 1 rings (SSSR count). The lowest BCUT2D eigenvalue weighted by Crippen LogP contribution is -2.17. The van der Waals surface area contributed by atoms with Crippen molar-refractivity contribution in [3.05, 3.63) is 28.8 Å². The summed E-state index contributed by atoms with van der Waals surface area (Å²) in [5.41, 5.74) is 1.05. The third-order valence-electron chi connectivity index (χ3n) is 2.21. The van der Waals surface area contributed by atoms with Crippen molar-refractivity contribution in [1.82, 2.24) is 5.32 Å². The van der Waals surface area contributed by atoms with Gasteiger partial charge in [-0.3, -0.25) is 0 Å². The average molecular weight is 258 g/mol. The Labute approximate surface area is 108 Å². The molecular weight excluding hydrogens is 238 g/mol. The summed E-state index contributed by atoms with van der Waals surface area (Å²) in [5.74, 6) is 0.862. The quantitative estimate of drug-likeness (QED) is 0.738. The molecule has 0 aromatic heterocycles. The molecule has 4 heteroatoms. The zero-order valence-electron chi connectivity index (χ0n) is 10.4. The zero-order chi connectivity index (χ0) is 12.7. The van der Waals surface area contributed by atoms with Gasteiger partial charge in [0.2, 0.25) is 0 Å². The van der Waals surface area contributed by atoms with Crippen molar-refractivity contribution < 1.29 is 9.84 Å². The van der Waals surface area contributed by atoms with Gasteiger partial charge in [0.25, 0.3) is 0 Å². The second-order valence-electron chi connectivity index (χ2n) is 4.17. The molecule has 0 heterocycles. The number of hydrogen-bond donors (Lipinski definition) is 2. The van der Waals surface area contributed by atoms with Gasteiger partial charge in [0.1, 0.15) is 5.75 Å². The van der Waals surface area contributed by atoms with Gasteiger partial charge >= 0.3 is 0 Å². The highest BCUT2D eigenvalue weighted by Crippen LogP contribution is 2.23. The number of benzene rings is 1. The van der Waals surface area contributed by atoms with Crippen LogP contribution in [0.2, 0.25) is 5.02 Å². The number of halogens is 1. The molecule has 3 nitrogen and oxygen atoms in total. The standard InChI is InChI=1S/C13H20ClNO2/c1-10(2)17-13-5-4-12(14)8-11(13)9-15-6-3-7-16/h4-5,8,10,15-16H,3,6-7,9H2,1-2H3. The lowest BCUT2D eigenvalue weighted by molar-refractivity contribution is 0.239. The predicted octanol–water partition coefficient (Wildman–Crippen LogP) is 2.60. The summed E-state index contributed by atoms with van der Waals surface area (Å²) in [5, 5.41) is 12.6. The minimum Gasteiger partial charge on any atom is -0.491 e. The van der Waals surface area contributed by atoms with Gasteiger partial charge in [-0.2, -0.15) is 0 Å². The van der Waals surface area contributed by atoms with Crippen LogP contribution in [0.3, 0.4) is 0 Å². The first-order valence-electron chi connectivity index (χ1n) is 5.90. The van der Waals surface area contributed by atoms with E-state index in [1.807, 2.05) is 32.0 Å². The van der Waals surface area contributed by atoms with Gasteiger partial charge in [-0.05, 0) is 45.0 Å². The van der Waals surface area contributed by atoms with Crippen LogP contribution in [0.4, 0.5) is 0 Å². The Hall–Kier alpha value is -0.770. The second kappa shape index (κ2) is 7.54. The minimum atomic E-state index is 0.146. The van der Waals surface area contributed by atoms with E-state index < -0.39 is 0 Å². The molecule has 0 aliphatic heterocycles. The first kappa shape index (κ1) is 14.3. The van der Waals surface area contributed by atoms with E-state index in [1.165, 1.54) is 0 Å². The van der Waals surface area contributed by atoms with E-state index in [-0.39, 0.29) is 12.7 Å². The summed E-state index contributed by atoms with van der Waals surface area (Å²) < 4.78 is 5.71. The van der Waals surface area contributed by atoms with Crippen LogP contribution >= 0.6 is 11.6 Å². The van der Waals surface area contributed by atoms with Crippen LogP contribution < -0.4 is 10.1 Å². The second-order valence-corrected chi connectivity index (χ2v) is 4.61. The van der Waals surface area contributed by atoms with Crippen LogP contribution in [0.5, 0.6) is 5.75 Å². The molecule has 0 amide bonds. The van der Waals surface area contributed by atoms with Crippen molar-refractivity contribution in [1.29, 1.82) is 0 Å². The first-order chi connectivity index (χ1) is 8.13. The lowest BCUT2D eigenvalue weighted by atomic mass is 10.2. The predicted molar refractivity (Wildman–Crippen MR) is 70.6 cm³/mol. The fourth-order valence-electron chi connectivity index (χ4n) is 1.48. The third-order valence-corrected chi connectivity index (χ3v) is 2.45. The van der Waals surface area contributed by atoms with E-state index in [9.17, 15) is 0 Å². The van der Waals surface area contributed by atoms with Crippen molar-refractivity contribution >= 4 is 11.6 Å². The van der Waals surface area contributed by atoms with Crippen LogP contribution in [0.1, 0.15) is 25.8 Å². The maximum Gasteiger partial charge on any atom is 0.124 e. The molecule has 0 bridgehead atoms. The van der Waals surface area contributed by atoms with Crippen LogP contribution in [-0.2, 0) is 6.54 Å². The van der Waals surface area contributed by atoms with Crippen molar-refractivity contribution in [3.8, 4) is 5.75 Å². The van der Waals surface area contributed by atoms with E-state index in [1.54, 1.807) is 0 Å². The van der Waals surface area contributed by atoms with Crippen molar-refractivity contribution in [2.24, 2.45) is 0 Å².